The van der Waals surface area contributed by atoms with Crippen molar-refractivity contribution in [1.29, 1.82) is 5.26 Å². The van der Waals surface area contributed by atoms with Crippen molar-refractivity contribution < 1.29 is 0 Å². The van der Waals surface area contributed by atoms with Gasteiger partial charge in [0.1, 0.15) is 11.2 Å². The number of aromatic amines is 1. The fourth-order valence-electron chi connectivity index (χ4n) is 0.495. The number of nitriles is 1. The lowest BCUT2D eigenvalue weighted by Crippen LogP contribution is -1.74. The largest absolute Gasteiger partial charge is 0.262 e. The summed E-state index contributed by atoms with van der Waals surface area (Å²) in [6.45, 7) is 1.84. The highest BCUT2D eigenvalue weighted by atomic mass is 32.2. The summed E-state index contributed by atoms with van der Waals surface area (Å²) in [6, 6.07) is 0. The van der Waals surface area contributed by atoms with Gasteiger partial charge in [0, 0.05) is 0 Å². The van der Waals surface area contributed by atoms with Gasteiger partial charge in [-0.3, -0.25) is 5.10 Å². The number of thiocyanates is 1. The Morgan fingerprint density at radius 2 is 2.55 bits per heavy atom. The lowest BCUT2D eigenvalue weighted by molar-refractivity contribution is 0.972. The van der Waals surface area contributed by atoms with Crippen LogP contribution < -0.4 is 0 Å². The van der Waals surface area contributed by atoms with Crippen molar-refractivity contribution in [3.63, 3.8) is 0 Å². The van der Waals surface area contributed by atoms with E-state index >= 15 is 0 Å². The van der Waals surface area contributed by atoms with Crippen molar-refractivity contribution in [2.24, 2.45) is 0 Å². The maximum atomic E-state index is 8.20. The van der Waals surface area contributed by atoms with E-state index < -0.39 is 0 Å². The van der Waals surface area contributed by atoms with E-state index in [1.807, 2.05) is 12.3 Å². The first kappa shape index (κ1) is 8.43. The van der Waals surface area contributed by atoms with Gasteiger partial charge in [-0.25, -0.2) is 4.98 Å². The molecule has 6 heteroatoms. The summed E-state index contributed by atoms with van der Waals surface area (Å²) in [7, 11) is 0. The van der Waals surface area contributed by atoms with Crippen LogP contribution >= 0.6 is 23.5 Å². The molecule has 0 saturated heterocycles. The zero-order valence-electron chi connectivity index (χ0n) is 5.87. The van der Waals surface area contributed by atoms with Crippen molar-refractivity contribution >= 4 is 23.5 Å². The fraction of sp³-hybridized carbons (Fsp3) is 0.400. The molecule has 1 N–H and O–H groups in total. The molecule has 4 nitrogen and oxygen atoms in total. The number of H-pyrrole nitrogens is 1. The zero-order chi connectivity index (χ0) is 8.10. The van der Waals surface area contributed by atoms with Crippen LogP contribution in [0.1, 0.15) is 5.82 Å². The molecule has 0 aliphatic rings. The van der Waals surface area contributed by atoms with Gasteiger partial charge >= 0.3 is 0 Å². The summed E-state index contributed by atoms with van der Waals surface area (Å²) in [5.74, 6) is 0.800. The Labute approximate surface area is 72.8 Å². The van der Waals surface area contributed by atoms with Crippen molar-refractivity contribution in [2.75, 3.05) is 5.08 Å². The Hall–Kier alpha value is -0.670. The molecule has 1 heterocycles. The quantitative estimate of drug-likeness (QED) is 0.334. The van der Waals surface area contributed by atoms with Gasteiger partial charge in [0.2, 0.25) is 5.16 Å². The molecule has 0 aliphatic heterocycles. The SMILES string of the molecule is Cc1nc(SCSC#N)n[nH]1. The number of nitrogens with zero attached hydrogens (tertiary/aromatic N) is 3. The Morgan fingerprint density at radius 1 is 1.73 bits per heavy atom. The second kappa shape index (κ2) is 4.26. The minimum Gasteiger partial charge on any atom is -0.262 e. The number of aromatic nitrogens is 3. The molecule has 0 spiro atoms. The van der Waals surface area contributed by atoms with Gasteiger partial charge in [-0.2, -0.15) is 5.26 Å². The molecule has 0 unspecified atom stereocenters. The molecule has 0 saturated carbocycles. The number of hydrogen-bond acceptors (Lipinski definition) is 5. The molecule has 1 aromatic rings. The van der Waals surface area contributed by atoms with Gasteiger partial charge in [0.15, 0.2) is 0 Å². The van der Waals surface area contributed by atoms with E-state index in [1.165, 1.54) is 23.5 Å². The second-order valence-electron chi connectivity index (χ2n) is 1.70. The number of aryl methyl sites for hydroxylation is 1. The summed E-state index contributed by atoms with van der Waals surface area (Å²) in [5.41, 5.74) is 0. The maximum absolute atomic E-state index is 8.20. The van der Waals surface area contributed by atoms with E-state index in [0.29, 0.717) is 10.2 Å². The zero-order valence-corrected chi connectivity index (χ0v) is 7.50. The van der Waals surface area contributed by atoms with Gasteiger partial charge < -0.3 is 0 Å². The molecule has 0 aliphatic carbocycles. The number of thioether (sulfide) groups is 2. The number of rotatable bonds is 3. The molecule has 1 rings (SSSR count). The van der Waals surface area contributed by atoms with E-state index in [9.17, 15) is 0 Å². The van der Waals surface area contributed by atoms with Gasteiger partial charge in [-0.15, -0.1) is 5.10 Å². The van der Waals surface area contributed by atoms with Crippen molar-refractivity contribution in [3.05, 3.63) is 5.82 Å². The van der Waals surface area contributed by atoms with Crippen LogP contribution in [-0.2, 0) is 0 Å². The first-order chi connectivity index (χ1) is 5.33. The monoisotopic (exact) mass is 186 g/mol. The van der Waals surface area contributed by atoms with Gasteiger partial charge in [-0.1, -0.05) is 11.8 Å². The van der Waals surface area contributed by atoms with Crippen LogP contribution in [0.5, 0.6) is 0 Å². The third-order valence-corrected chi connectivity index (χ3v) is 2.40. The predicted octanol–water partition coefficient (Wildman–Crippen LogP) is 1.38. The first-order valence-corrected chi connectivity index (χ1v) is 4.82. The van der Waals surface area contributed by atoms with Gasteiger partial charge in [-0.05, 0) is 18.7 Å². The maximum Gasteiger partial charge on any atom is 0.209 e. The van der Waals surface area contributed by atoms with Crippen molar-refractivity contribution in [1.82, 2.24) is 15.2 Å². The Bertz CT molecular complexity index is 264. The third-order valence-electron chi connectivity index (χ3n) is 0.888. The van der Waals surface area contributed by atoms with Crippen LogP contribution in [0.3, 0.4) is 0 Å². The molecule has 0 fully saturated rings. The van der Waals surface area contributed by atoms with E-state index in [1.54, 1.807) is 0 Å². The molecule has 0 atom stereocenters. The number of hydrogen-bond donors (Lipinski definition) is 1. The first-order valence-electron chi connectivity index (χ1n) is 2.85. The highest BCUT2D eigenvalue weighted by Crippen LogP contribution is 2.17. The van der Waals surface area contributed by atoms with E-state index in [2.05, 4.69) is 15.2 Å². The molecule has 0 amide bonds. The van der Waals surface area contributed by atoms with Gasteiger partial charge in [0.05, 0.1) is 5.08 Å². The lowest BCUT2D eigenvalue weighted by atomic mass is 10.8. The molecule has 0 bridgehead atoms. The highest BCUT2D eigenvalue weighted by molar-refractivity contribution is 8.18. The molecule has 0 aromatic carbocycles. The molecule has 0 radical (unpaired) electrons. The van der Waals surface area contributed by atoms with E-state index in [0.717, 1.165) is 5.82 Å². The molecule has 11 heavy (non-hydrogen) atoms. The fourth-order valence-corrected chi connectivity index (χ4v) is 1.68. The minimum absolute atomic E-state index is 0.674. The lowest BCUT2D eigenvalue weighted by Gasteiger charge is -1.86. The predicted molar refractivity (Wildman–Crippen MR) is 45.0 cm³/mol. The summed E-state index contributed by atoms with van der Waals surface area (Å²) >= 11 is 2.64. The van der Waals surface area contributed by atoms with E-state index in [-0.39, 0.29) is 0 Å². The molecular weight excluding hydrogens is 180 g/mol. The van der Waals surface area contributed by atoms with Crippen molar-refractivity contribution in [2.45, 2.75) is 12.1 Å². The van der Waals surface area contributed by atoms with Crippen LogP contribution in [0.2, 0.25) is 0 Å². The van der Waals surface area contributed by atoms with Crippen molar-refractivity contribution in [3.8, 4) is 5.40 Å². The third kappa shape index (κ3) is 2.82. The smallest absolute Gasteiger partial charge is 0.209 e. The van der Waals surface area contributed by atoms with Crippen LogP contribution in [0, 0.1) is 17.6 Å². The standard InChI is InChI=1S/C5H6N4S2/c1-4-7-5(9-8-4)11-3-10-2-6/h3H2,1H3,(H,7,8,9). The average Bonchev–Trinajstić information content (AvgIpc) is 2.37. The van der Waals surface area contributed by atoms with Crippen LogP contribution in [0.25, 0.3) is 0 Å². The van der Waals surface area contributed by atoms with E-state index in [4.69, 9.17) is 5.26 Å². The topological polar surface area (TPSA) is 65.4 Å². The second-order valence-corrected chi connectivity index (χ2v) is 3.77. The summed E-state index contributed by atoms with van der Waals surface area (Å²) in [6.07, 6.45) is 0. The normalized spacial score (nSPS) is 9.45. The average molecular weight is 186 g/mol. The van der Waals surface area contributed by atoms with Crippen LogP contribution in [-0.4, -0.2) is 20.3 Å². The molecule has 58 valence electrons. The van der Waals surface area contributed by atoms with Gasteiger partial charge in [0.25, 0.3) is 0 Å². The Morgan fingerprint density at radius 3 is 3.09 bits per heavy atom. The summed E-state index contributed by atoms with van der Waals surface area (Å²) in [5, 5.41) is 18.2. The Balaban J connectivity index is 2.34. The molecule has 1 aromatic heterocycles. The summed E-state index contributed by atoms with van der Waals surface area (Å²) in [4.78, 5) is 4.06. The minimum atomic E-state index is 0.674. The van der Waals surface area contributed by atoms with Crippen LogP contribution in [0.4, 0.5) is 0 Å². The Kier molecular flexibility index (Phi) is 3.26. The summed E-state index contributed by atoms with van der Waals surface area (Å²) < 4.78 is 0. The molecular formula is C5H6N4S2. The van der Waals surface area contributed by atoms with Crippen LogP contribution in [0.15, 0.2) is 5.16 Å². The highest BCUT2D eigenvalue weighted by Gasteiger charge is 1.98. The number of nitrogens with one attached hydrogen (secondary N) is 1.